The number of halogens is 1. The average molecular weight is 295 g/mol. The minimum atomic E-state index is -0.421. The van der Waals surface area contributed by atoms with Crippen LogP contribution in [0, 0.1) is 10.1 Å². The van der Waals surface area contributed by atoms with Crippen LogP contribution in [0.5, 0.6) is 5.75 Å². The van der Waals surface area contributed by atoms with Crippen LogP contribution in [0.15, 0.2) is 42.5 Å². The standard InChI is InChI=1S/C14H14N2O3.ClH/c1-19-14-6-5-12(16(17)18)8-13(14)11-4-2-3-10(7-11)9-15;/h2-8H,9,15H2,1H3;1H. The molecule has 0 aliphatic carbocycles. The number of rotatable bonds is 4. The molecule has 0 unspecified atom stereocenters. The molecule has 0 radical (unpaired) electrons. The first-order valence-corrected chi connectivity index (χ1v) is 5.77. The Kier molecular flexibility index (Phi) is 5.49. The molecule has 2 rings (SSSR count). The van der Waals surface area contributed by atoms with E-state index in [1.54, 1.807) is 6.07 Å². The average Bonchev–Trinajstić information content (AvgIpc) is 2.46. The fourth-order valence-electron chi connectivity index (χ4n) is 1.90. The van der Waals surface area contributed by atoms with Crippen LogP contribution in [0.3, 0.4) is 0 Å². The van der Waals surface area contributed by atoms with Gasteiger partial charge < -0.3 is 10.5 Å². The van der Waals surface area contributed by atoms with Gasteiger partial charge in [-0.3, -0.25) is 10.1 Å². The quantitative estimate of drug-likeness (QED) is 0.694. The molecule has 0 amide bonds. The number of benzene rings is 2. The number of nitrogens with zero attached hydrogens (tertiary/aromatic N) is 1. The van der Waals surface area contributed by atoms with E-state index in [-0.39, 0.29) is 18.1 Å². The molecule has 2 aromatic rings. The summed E-state index contributed by atoms with van der Waals surface area (Å²) in [6.07, 6.45) is 0. The first-order chi connectivity index (χ1) is 9.15. The Balaban J connectivity index is 0.00000200. The SMILES string of the molecule is COc1ccc([N+](=O)[O-])cc1-c1cccc(CN)c1.Cl. The number of nitro groups is 1. The summed E-state index contributed by atoms with van der Waals surface area (Å²) < 4.78 is 5.25. The summed E-state index contributed by atoms with van der Waals surface area (Å²) in [6.45, 7) is 0.422. The van der Waals surface area contributed by atoms with E-state index in [2.05, 4.69) is 0 Å². The predicted molar refractivity (Wildman–Crippen MR) is 80.2 cm³/mol. The number of hydrogen-bond donors (Lipinski definition) is 1. The topological polar surface area (TPSA) is 78.4 Å². The lowest BCUT2D eigenvalue weighted by Crippen LogP contribution is -1.97. The summed E-state index contributed by atoms with van der Waals surface area (Å²) in [5.41, 5.74) is 8.14. The molecular weight excluding hydrogens is 280 g/mol. The summed E-state index contributed by atoms with van der Waals surface area (Å²) in [5, 5.41) is 10.9. The van der Waals surface area contributed by atoms with Crippen molar-refractivity contribution in [2.24, 2.45) is 5.73 Å². The van der Waals surface area contributed by atoms with Crippen molar-refractivity contribution in [1.29, 1.82) is 0 Å². The van der Waals surface area contributed by atoms with Crippen LogP contribution < -0.4 is 10.5 Å². The first kappa shape index (κ1) is 15.9. The molecule has 0 spiro atoms. The van der Waals surface area contributed by atoms with E-state index >= 15 is 0 Å². The number of nitrogens with two attached hydrogens (primary N) is 1. The van der Waals surface area contributed by atoms with Gasteiger partial charge in [-0.05, 0) is 23.3 Å². The second-order valence-electron chi connectivity index (χ2n) is 4.05. The van der Waals surface area contributed by atoms with E-state index in [1.165, 1.54) is 19.2 Å². The zero-order chi connectivity index (χ0) is 13.8. The van der Waals surface area contributed by atoms with Crippen molar-refractivity contribution in [3.63, 3.8) is 0 Å². The molecule has 0 aliphatic rings. The third kappa shape index (κ3) is 3.26. The lowest BCUT2D eigenvalue weighted by atomic mass is 10.0. The molecule has 2 N–H and O–H groups in total. The van der Waals surface area contributed by atoms with Gasteiger partial charge in [0.05, 0.1) is 12.0 Å². The van der Waals surface area contributed by atoms with Crippen molar-refractivity contribution >= 4 is 18.1 Å². The Morgan fingerprint density at radius 3 is 2.60 bits per heavy atom. The van der Waals surface area contributed by atoms with E-state index in [9.17, 15) is 10.1 Å². The van der Waals surface area contributed by atoms with Gasteiger partial charge in [0.15, 0.2) is 0 Å². The molecule has 6 heteroatoms. The van der Waals surface area contributed by atoms with Gasteiger partial charge >= 0.3 is 0 Å². The van der Waals surface area contributed by atoms with Crippen molar-refractivity contribution in [1.82, 2.24) is 0 Å². The van der Waals surface area contributed by atoms with Crippen molar-refractivity contribution in [2.45, 2.75) is 6.54 Å². The van der Waals surface area contributed by atoms with Gasteiger partial charge in [0.2, 0.25) is 0 Å². The Morgan fingerprint density at radius 2 is 2.00 bits per heavy atom. The van der Waals surface area contributed by atoms with Crippen LogP contribution >= 0.6 is 12.4 Å². The number of ether oxygens (including phenoxy) is 1. The molecule has 5 nitrogen and oxygen atoms in total. The normalized spacial score (nSPS) is 9.70. The Hall–Kier alpha value is -2.11. The molecule has 0 aliphatic heterocycles. The van der Waals surface area contributed by atoms with Gasteiger partial charge in [-0.2, -0.15) is 0 Å². The number of non-ortho nitro benzene ring substituents is 1. The fourth-order valence-corrected chi connectivity index (χ4v) is 1.90. The molecule has 0 saturated heterocycles. The number of methoxy groups -OCH3 is 1. The smallest absolute Gasteiger partial charge is 0.270 e. The summed E-state index contributed by atoms with van der Waals surface area (Å²) in [4.78, 5) is 10.4. The van der Waals surface area contributed by atoms with E-state index in [0.29, 0.717) is 17.9 Å². The van der Waals surface area contributed by atoms with Gasteiger partial charge in [-0.1, -0.05) is 18.2 Å². The Morgan fingerprint density at radius 1 is 1.25 bits per heavy atom. The van der Waals surface area contributed by atoms with Gasteiger partial charge in [-0.25, -0.2) is 0 Å². The van der Waals surface area contributed by atoms with Gasteiger partial charge in [-0.15, -0.1) is 12.4 Å². The molecule has 106 valence electrons. The zero-order valence-electron chi connectivity index (χ0n) is 10.9. The molecule has 0 aromatic heterocycles. The third-order valence-electron chi connectivity index (χ3n) is 2.87. The highest BCUT2D eigenvalue weighted by molar-refractivity contribution is 5.85. The Labute approximate surface area is 122 Å². The van der Waals surface area contributed by atoms with Crippen molar-refractivity contribution in [2.75, 3.05) is 7.11 Å². The highest BCUT2D eigenvalue weighted by Crippen LogP contribution is 2.33. The second-order valence-corrected chi connectivity index (χ2v) is 4.05. The predicted octanol–water partition coefficient (Wildman–Crippen LogP) is 3.15. The lowest BCUT2D eigenvalue weighted by molar-refractivity contribution is -0.384. The molecule has 20 heavy (non-hydrogen) atoms. The van der Waals surface area contributed by atoms with Crippen molar-refractivity contribution < 1.29 is 9.66 Å². The van der Waals surface area contributed by atoms with Crippen molar-refractivity contribution in [3.05, 3.63) is 58.1 Å². The lowest BCUT2D eigenvalue weighted by Gasteiger charge is -2.09. The maximum Gasteiger partial charge on any atom is 0.270 e. The van der Waals surface area contributed by atoms with Gasteiger partial charge in [0.25, 0.3) is 5.69 Å². The van der Waals surface area contributed by atoms with Crippen molar-refractivity contribution in [3.8, 4) is 16.9 Å². The molecular formula is C14H15ClN2O3. The highest BCUT2D eigenvalue weighted by Gasteiger charge is 2.13. The van der Waals surface area contributed by atoms with Gasteiger partial charge in [0.1, 0.15) is 5.75 Å². The number of nitro benzene ring substituents is 1. The molecule has 0 atom stereocenters. The zero-order valence-corrected chi connectivity index (χ0v) is 11.7. The largest absolute Gasteiger partial charge is 0.496 e. The van der Waals surface area contributed by atoms with E-state index in [1.807, 2.05) is 24.3 Å². The second kappa shape index (κ2) is 6.88. The third-order valence-corrected chi connectivity index (χ3v) is 2.87. The summed E-state index contributed by atoms with van der Waals surface area (Å²) in [7, 11) is 1.54. The van der Waals surface area contributed by atoms with Crippen LogP contribution in [0.2, 0.25) is 0 Å². The summed E-state index contributed by atoms with van der Waals surface area (Å²) >= 11 is 0. The molecule has 0 fully saturated rings. The minimum absolute atomic E-state index is 0. The van der Waals surface area contributed by atoms with Gasteiger partial charge in [0, 0.05) is 24.2 Å². The maximum absolute atomic E-state index is 10.9. The summed E-state index contributed by atoms with van der Waals surface area (Å²) in [6, 6.07) is 12.1. The highest BCUT2D eigenvalue weighted by atomic mass is 35.5. The first-order valence-electron chi connectivity index (χ1n) is 5.77. The minimum Gasteiger partial charge on any atom is -0.496 e. The van der Waals surface area contributed by atoms with Crippen LogP contribution in [0.25, 0.3) is 11.1 Å². The van der Waals surface area contributed by atoms with E-state index < -0.39 is 4.92 Å². The number of hydrogen-bond acceptors (Lipinski definition) is 4. The van der Waals surface area contributed by atoms with E-state index in [4.69, 9.17) is 10.5 Å². The molecule has 0 bridgehead atoms. The fraction of sp³-hybridized carbons (Fsp3) is 0.143. The van der Waals surface area contributed by atoms with E-state index in [0.717, 1.165) is 11.1 Å². The van der Waals surface area contributed by atoms with Crippen LogP contribution in [0.1, 0.15) is 5.56 Å². The Bertz CT molecular complexity index is 617. The van der Waals surface area contributed by atoms with Crippen LogP contribution in [0.4, 0.5) is 5.69 Å². The van der Waals surface area contributed by atoms with Crippen LogP contribution in [-0.4, -0.2) is 12.0 Å². The maximum atomic E-state index is 10.9. The van der Waals surface area contributed by atoms with Crippen LogP contribution in [-0.2, 0) is 6.54 Å². The molecule has 0 saturated carbocycles. The molecule has 0 heterocycles. The summed E-state index contributed by atoms with van der Waals surface area (Å²) in [5.74, 6) is 0.597. The molecule has 2 aromatic carbocycles. The monoisotopic (exact) mass is 294 g/mol.